The van der Waals surface area contributed by atoms with Crippen LogP contribution in [0.2, 0.25) is 0 Å². The molecule has 1 aromatic rings. The van der Waals surface area contributed by atoms with Gasteiger partial charge in [0.25, 0.3) is 5.91 Å². The molecule has 0 bridgehead atoms. The van der Waals surface area contributed by atoms with Crippen LogP contribution in [-0.4, -0.2) is 49.0 Å². The summed E-state index contributed by atoms with van der Waals surface area (Å²) in [4.78, 5) is 18.8. The van der Waals surface area contributed by atoms with E-state index in [4.69, 9.17) is 0 Å². The Morgan fingerprint density at radius 3 is 2.68 bits per heavy atom. The number of nitrogens with zero attached hydrogens (tertiary/aromatic N) is 2. The highest BCUT2D eigenvalue weighted by Gasteiger charge is 2.19. The van der Waals surface area contributed by atoms with Crippen molar-refractivity contribution in [2.24, 2.45) is 0 Å². The molecule has 5 nitrogen and oxygen atoms in total. The largest absolute Gasteiger partial charge is 0.373 e. The molecule has 104 valence electrons. The van der Waals surface area contributed by atoms with Crippen molar-refractivity contribution in [3.63, 3.8) is 0 Å². The van der Waals surface area contributed by atoms with E-state index in [1.54, 1.807) is 13.1 Å². The van der Waals surface area contributed by atoms with Crippen molar-refractivity contribution in [2.45, 2.75) is 25.8 Å². The molecule has 0 saturated carbocycles. The molecule has 2 heterocycles. The Morgan fingerprint density at radius 2 is 2.05 bits per heavy atom. The fourth-order valence-electron chi connectivity index (χ4n) is 2.35. The highest BCUT2D eigenvalue weighted by molar-refractivity contribution is 5.95. The van der Waals surface area contributed by atoms with Gasteiger partial charge >= 0.3 is 0 Å². The molecule has 1 amide bonds. The van der Waals surface area contributed by atoms with Crippen molar-refractivity contribution in [1.29, 1.82) is 0 Å². The van der Waals surface area contributed by atoms with Crippen LogP contribution in [0.4, 0.5) is 5.82 Å². The van der Waals surface area contributed by atoms with Crippen molar-refractivity contribution in [1.82, 2.24) is 15.2 Å². The fourth-order valence-corrected chi connectivity index (χ4v) is 2.35. The molecule has 2 rings (SSSR count). The van der Waals surface area contributed by atoms with E-state index in [2.05, 4.69) is 27.6 Å². The summed E-state index contributed by atoms with van der Waals surface area (Å²) in [6, 6.07) is 3.90. The molecular weight excluding hydrogens is 240 g/mol. The van der Waals surface area contributed by atoms with Gasteiger partial charge in [0.2, 0.25) is 0 Å². The van der Waals surface area contributed by atoms with E-state index in [1.807, 2.05) is 13.0 Å². The van der Waals surface area contributed by atoms with Gasteiger partial charge < -0.3 is 15.5 Å². The molecule has 2 N–H and O–H groups in total. The maximum atomic E-state index is 12.2. The predicted octanol–water partition coefficient (Wildman–Crippen LogP) is 1.26. The van der Waals surface area contributed by atoms with Crippen LogP contribution in [0.1, 0.15) is 28.9 Å². The third-order valence-corrected chi connectivity index (χ3v) is 3.53. The molecule has 19 heavy (non-hydrogen) atoms. The van der Waals surface area contributed by atoms with E-state index >= 15 is 0 Å². The van der Waals surface area contributed by atoms with Crippen LogP contribution >= 0.6 is 0 Å². The lowest BCUT2D eigenvalue weighted by molar-refractivity contribution is 0.0916. The second kappa shape index (κ2) is 6.02. The standard InChI is InChI=1S/C14H22N4O/c1-10-8-11(9-13(15-2)16-10)14(19)17-12-4-6-18(3)7-5-12/h8-9,12H,4-7H2,1-3H3,(H,15,16)(H,17,19). The monoisotopic (exact) mass is 262 g/mol. The first kappa shape index (κ1) is 13.8. The lowest BCUT2D eigenvalue weighted by Gasteiger charge is -2.29. The van der Waals surface area contributed by atoms with Gasteiger partial charge in [0.05, 0.1) is 0 Å². The van der Waals surface area contributed by atoms with Crippen LogP contribution in [0.25, 0.3) is 0 Å². The summed E-state index contributed by atoms with van der Waals surface area (Å²) in [5.41, 5.74) is 1.52. The van der Waals surface area contributed by atoms with Crippen LogP contribution in [0.15, 0.2) is 12.1 Å². The Hall–Kier alpha value is -1.62. The molecule has 0 radical (unpaired) electrons. The molecule has 1 fully saturated rings. The van der Waals surface area contributed by atoms with Gasteiger partial charge in [-0.05, 0) is 52.0 Å². The number of aryl methyl sites for hydroxylation is 1. The van der Waals surface area contributed by atoms with Crippen molar-refractivity contribution < 1.29 is 4.79 Å². The number of likely N-dealkylation sites (tertiary alicyclic amines) is 1. The van der Waals surface area contributed by atoms with Crippen molar-refractivity contribution in [2.75, 3.05) is 32.5 Å². The summed E-state index contributed by atoms with van der Waals surface area (Å²) < 4.78 is 0. The van der Waals surface area contributed by atoms with Gasteiger partial charge in [0.15, 0.2) is 0 Å². The van der Waals surface area contributed by atoms with E-state index in [-0.39, 0.29) is 11.9 Å². The fraction of sp³-hybridized carbons (Fsp3) is 0.571. The van der Waals surface area contributed by atoms with Gasteiger partial charge in [-0.25, -0.2) is 4.98 Å². The summed E-state index contributed by atoms with van der Waals surface area (Å²) in [7, 11) is 3.92. The maximum Gasteiger partial charge on any atom is 0.251 e. The number of aromatic nitrogens is 1. The molecule has 0 unspecified atom stereocenters. The van der Waals surface area contributed by atoms with Crippen LogP contribution in [-0.2, 0) is 0 Å². The van der Waals surface area contributed by atoms with Crippen LogP contribution in [0.3, 0.4) is 0 Å². The van der Waals surface area contributed by atoms with Gasteiger partial charge in [0, 0.05) is 24.3 Å². The zero-order valence-corrected chi connectivity index (χ0v) is 11.9. The highest BCUT2D eigenvalue weighted by Crippen LogP contribution is 2.12. The number of pyridine rings is 1. The first-order valence-electron chi connectivity index (χ1n) is 6.74. The Balaban J connectivity index is 2.01. The van der Waals surface area contributed by atoms with Crippen molar-refractivity contribution >= 4 is 11.7 Å². The topological polar surface area (TPSA) is 57.3 Å². The lowest BCUT2D eigenvalue weighted by Crippen LogP contribution is -2.43. The van der Waals surface area contributed by atoms with E-state index in [0.29, 0.717) is 5.56 Å². The number of carbonyl (C=O) groups excluding carboxylic acids is 1. The molecular formula is C14H22N4O. The predicted molar refractivity (Wildman–Crippen MR) is 76.5 cm³/mol. The van der Waals surface area contributed by atoms with Crippen LogP contribution < -0.4 is 10.6 Å². The molecule has 0 atom stereocenters. The van der Waals surface area contributed by atoms with Crippen LogP contribution in [0, 0.1) is 6.92 Å². The molecule has 1 aliphatic heterocycles. The number of nitrogens with one attached hydrogen (secondary N) is 2. The third-order valence-electron chi connectivity index (χ3n) is 3.53. The highest BCUT2D eigenvalue weighted by atomic mass is 16.1. The molecule has 0 spiro atoms. The van der Waals surface area contributed by atoms with E-state index in [0.717, 1.165) is 37.4 Å². The first-order chi connectivity index (χ1) is 9.08. The lowest BCUT2D eigenvalue weighted by atomic mass is 10.0. The van der Waals surface area contributed by atoms with E-state index < -0.39 is 0 Å². The third kappa shape index (κ3) is 3.67. The summed E-state index contributed by atoms with van der Waals surface area (Å²) in [5.74, 6) is 0.727. The Morgan fingerprint density at radius 1 is 1.37 bits per heavy atom. The normalized spacial score (nSPS) is 17.2. The minimum Gasteiger partial charge on any atom is -0.373 e. The number of amides is 1. The Kier molecular flexibility index (Phi) is 4.37. The molecule has 0 aromatic carbocycles. The van der Waals surface area contributed by atoms with E-state index in [9.17, 15) is 4.79 Å². The quantitative estimate of drug-likeness (QED) is 0.861. The number of carbonyl (C=O) groups is 1. The van der Waals surface area contributed by atoms with Gasteiger partial charge in [-0.3, -0.25) is 4.79 Å². The smallest absolute Gasteiger partial charge is 0.251 e. The minimum absolute atomic E-state index is 0.00319. The Bertz CT molecular complexity index is 453. The second-order valence-corrected chi connectivity index (χ2v) is 5.18. The summed E-state index contributed by atoms with van der Waals surface area (Å²) in [6.07, 6.45) is 2.04. The van der Waals surface area contributed by atoms with Crippen molar-refractivity contribution in [3.05, 3.63) is 23.4 Å². The molecule has 0 aliphatic carbocycles. The number of piperidine rings is 1. The number of rotatable bonds is 3. The molecule has 1 aromatic heterocycles. The number of hydrogen-bond acceptors (Lipinski definition) is 4. The van der Waals surface area contributed by atoms with Gasteiger partial charge in [-0.2, -0.15) is 0 Å². The van der Waals surface area contributed by atoms with Gasteiger partial charge in [-0.1, -0.05) is 0 Å². The zero-order valence-electron chi connectivity index (χ0n) is 11.9. The molecule has 1 saturated heterocycles. The zero-order chi connectivity index (χ0) is 13.8. The summed E-state index contributed by atoms with van der Waals surface area (Å²) >= 11 is 0. The van der Waals surface area contributed by atoms with E-state index in [1.165, 1.54) is 0 Å². The second-order valence-electron chi connectivity index (χ2n) is 5.18. The SMILES string of the molecule is CNc1cc(C(=O)NC2CCN(C)CC2)cc(C)n1. The Labute approximate surface area is 114 Å². The van der Waals surface area contributed by atoms with Crippen molar-refractivity contribution in [3.8, 4) is 0 Å². The minimum atomic E-state index is -0.00319. The number of hydrogen-bond donors (Lipinski definition) is 2. The number of anilines is 1. The average Bonchev–Trinajstić information content (AvgIpc) is 2.40. The first-order valence-corrected chi connectivity index (χ1v) is 6.74. The average molecular weight is 262 g/mol. The van der Waals surface area contributed by atoms with Gasteiger partial charge in [0.1, 0.15) is 5.82 Å². The summed E-state index contributed by atoms with van der Waals surface area (Å²) in [5, 5.41) is 6.09. The van der Waals surface area contributed by atoms with Crippen LogP contribution in [0.5, 0.6) is 0 Å². The van der Waals surface area contributed by atoms with Gasteiger partial charge in [-0.15, -0.1) is 0 Å². The maximum absolute atomic E-state index is 12.2. The molecule has 5 heteroatoms. The summed E-state index contributed by atoms with van der Waals surface area (Å²) in [6.45, 7) is 3.98. The molecule has 1 aliphatic rings.